The molecule has 1 atom stereocenters. The van der Waals surface area contributed by atoms with Crippen LogP contribution in [0.5, 0.6) is 0 Å². The molecule has 2 nitrogen and oxygen atoms in total. The predicted molar refractivity (Wildman–Crippen MR) is 47.0 cm³/mol. The van der Waals surface area contributed by atoms with Gasteiger partial charge in [0, 0.05) is 17.1 Å². The van der Waals surface area contributed by atoms with Gasteiger partial charge in [-0.3, -0.25) is 0 Å². The zero-order valence-corrected chi connectivity index (χ0v) is 8.26. The summed E-state index contributed by atoms with van der Waals surface area (Å²) in [6.45, 7) is 1.62. The van der Waals surface area contributed by atoms with E-state index in [4.69, 9.17) is 5.73 Å². The molecule has 7 heteroatoms. The second kappa shape index (κ2) is 4.26. The highest BCUT2D eigenvalue weighted by molar-refractivity contribution is 7.11. The molecule has 0 saturated heterocycles. The Hall–Kier alpha value is -0.330. The maximum atomic E-state index is 12.0. The van der Waals surface area contributed by atoms with Gasteiger partial charge in [0.25, 0.3) is 0 Å². The van der Waals surface area contributed by atoms with Crippen LogP contribution in [0.15, 0.2) is 6.20 Å². The van der Waals surface area contributed by atoms with Crippen LogP contribution < -0.4 is 5.73 Å². The summed E-state index contributed by atoms with van der Waals surface area (Å²) in [6.07, 6.45) is -3.18. The van der Waals surface area contributed by atoms with Gasteiger partial charge in [0.2, 0.25) is 0 Å². The number of rotatable bonds is 1. The van der Waals surface area contributed by atoms with Crippen LogP contribution >= 0.6 is 23.7 Å². The third-order valence-corrected chi connectivity index (χ3v) is 2.46. The fraction of sp³-hybridized carbons (Fsp3) is 0.500. The van der Waals surface area contributed by atoms with Crippen LogP contribution in [0.4, 0.5) is 13.2 Å². The standard InChI is InChI=1S/C6H7F3N2S.ClH/c1-3(10)4-2-11-5(12-4)6(7,8)9;/h2-3H,10H2,1H3;1H. The number of hydrogen-bond acceptors (Lipinski definition) is 3. The van der Waals surface area contributed by atoms with Crippen molar-refractivity contribution in [1.82, 2.24) is 4.98 Å². The van der Waals surface area contributed by atoms with Gasteiger partial charge in [-0.15, -0.1) is 23.7 Å². The van der Waals surface area contributed by atoms with E-state index in [9.17, 15) is 13.2 Å². The van der Waals surface area contributed by atoms with E-state index in [2.05, 4.69) is 4.98 Å². The number of aromatic nitrogens is 1. The quantitative estimate of drug-likeness (QED) is 0.808. The smallest absolute Gasteiger partial charge is 0.323 e. The van der Waals surface area contributed by atoms with Crippen LogP contribution in [0.2, 0.25) is 0 Å². The van der Waals surface area contributed by atoms with Crippen LogP contribution in [0.3, 0.4) is 0 Å². The third-order valence-electron chi connectivity index (χ3n) is 1.21. The molecule has 1 aromatic rings. The van der Waals surface area contributed by atoms with Gasteiger partial charge < -0.3 is 5.73 Å². The summed E-state index contributed by atoms with van der Waals surface area (Å²) in [4.78, 5) is 3.67. The summed E-state index contributed by atoms with van der Waals surface area (Å²) in [5, 5.41) is -0.838. The van der Waals surface area contributed by atoms with Crippen molar-refractivity contribution in [2.45, 2.75) is 19.1 Å². The lowest BCUT2D eigenvalue weighted by molar-refractivity contribution is -0.137. The second-order valence-corrected chi connectivity index (χ2v) is 3.42. The zero-order chi connectivity index (χ0) is 9.35. The largest absolute Gasteiger partial charge is 0.443 e. The maximum Gasteiger partial charge on any atom is 0.443 e. The van der Waals surface area contributed by atoms with Crippen LogP contribution in [0, 0.1) is 0 Å². The average Bonchev–Trinajstić information content (AvgIpc) is 2.30. The maximum absolute atomic E-state index is 12.0. The van der Waals surface area contributed by atoms with Gasteiger partial charge in [0.15, 0.2) is 5.01 Å². The highest BCUT2D eigenvalue weighted by Crippen LogP contribution is 2.33. The van der Waals surface area contributed by atoms with Gasteiger partial charge >= 0.3 is 6.18 Å². The molecule has 0 saturated carbocycles. The van der Waals surface area contributed by atoms with Crippen molar-refractivity contribution in [2.24, 2.45) is 5.73 Å². The van der Waals surface area contributed by atoms with E-state index in [0.717, 1.165) is 6.20 Å². The fourth-order valence-electron chi connectivity index (χ4n) is 0.628. The molecule has 1 heterocycles. The molecular weight excluding hydrogens is 225 g/mol. The van der Waals surface area contributed by atoms with Crippen molar-refractivity contribution in [3.05, 3.63) is 16.1 Å². The van der Waals surface area contributed by atoms with Crippen molar-refractivity contribution in [3.8, 4) is 0 Å². The monoisotopic (exact) mass is 232 g/mol. The number of nitrogens with two attached hydrogens (primary N) is 1. The molecule has 1 aromatic heterocycles. The zero-order valence-electron chi connectivity index (χ0n) is 6.63. The van der Waals surface area contributed by atoms with E-state index in [0.29, 0.717) is 16.2 Å². The minimum Gasteiger partial charge on any atom is -0.323 e. The van der Waals surface area contributed by atoms with Crippen molar-refractivity contribution < 1.29 is 13.2 Å². The topological polar surface area (TPSA) is 38.9 Å². The Kier molecular flexibility index (Phi) is 4.15. The van der Waals surface area contributed by atoms with Crippen molar-refractivity contribution in [3.63, 3.8) is 0 Å². The van der Waals surface area contributed by atoms with Gasteiger partial charge in [-0.25, -0.2) is 4.98 Å². The highest BCUT2D eigenvalue weighted by atomic mass is 35.5. The minimum absolute atomic E-state index is 0. The van der Waals surface area contributed by atoms with Gasteiger partial charge in [0.1, 0.15) is 0 Å². The molecule has 0 aliphatic rings. The van der Waals surface area contributed by atoms with E-state index < -0.39 is 17.2 Å². The first kappa shape index (κ1) is 12.7. The van der Waals surface area contributed by atoms with Crippen LogP contribution in [-0.2, 0) is 6.18 Å². The Labute approximate surface area is 83.4 Å². The number of halogens is 4. The predicted octanol–water partition coefficient (Wildman–Crippen LogP) is 2.60. The lowest BCUT2D eigenvalue weighted by atomic mass is 10.3. The lowest BCUT2D eigenvalue weighted by Gasteiger charge is -2.00. The van der Waals surface area contributed by atoms with E-state index in [1.54, 1.807) is 6.92 Å². The van der Waals surface area contributed by atoms with Gasteiger partial charge in [-0.1, -0.05) is 0 Å². The number of nitrogens with zero attached hydrogens (tertiary/aromatic N) is 1. The van der Waals surface area contributed by atoms with Gasteiger partial charge in [-0.05, 0) is 6.92 Å². The molecule has 13 heavy (non-hydrogen) atoms. The summed E-state index contributed by atoms with van der Waals surface area (Å²) >= 11 is 0.587. The van der Waals surface area contributed by atoms with Crippen molar-refractivity contribution in [1.29, 1.82) is 0 Å². The summed E-state index contributed by atoms with van der Waals surface area (Å²) in [5.41, 5.74) is 5.37. The molecule has 0 aliphatic carbocycles. The molecular formula is C6H8ClF3N2S. The third kappa shape index (κ3) is 3.13. The summed E-state index contributed by atoms with van der Waals surface area (Å²) < 4.78 is 35.9. The molecule has 0 spiro atoms. The summed E-state index contributed by atoms with van der Waals surface area (Å²) in [7, 11) is 0. The van der Waals surface area contributed by atoms with E-state index in [1.165, 1.54) is 0 Å². The Morgan fingerprint density at radius 2 is 2.08 bits per heavy atom. The Morgan fingerprint density at radius 3 is 2.31 bits per heavy atom. The first-order valence-corrected chi connectivity index (χ1v) is 4.01. The molecule has 0 bridgehead atoms. The van der Waals surface area contributed by atoms with Gasteiger partial charge in [0.05, 0.1) is 0 Å². The lowest BCUT2D eigenvalue weighted by Crippen LogP contribution is -2.03. The van der Waals surface area contributed by atoms with Crippen LogP contribution in [-0.4, -0.2) is 4.98 Å². The summed E-state index contributed by atoms with van der Waals surface area (Å²) in [6, 6.07) is -0.390. The molecule has 0 aliphatic heterocycles. The Morgan fingerprint density at radius 1 is 1.54 bits per heavy atom. The van der Waals surface area contributed by atoms with Gasteiger partial charge in [-0.2, -0.15) is 13.2 Å². The van der Waals surface area contributed by atoms with E-state index in [1.807, 2.05) is 0 Å². The molecule has 0 fully saturated rings. The molecule has 0 radical (unpaired) electrons. The highest BCUT2D eigenvalue weighted by Gasteiger charge is 2.34. The number of thiazole rings is 1. The first-order chi connectivity index (χ1) is 5.41. The molecule has 0 aromatic carbocycles. The SMILES string of the molecule is CC(N)c1cnc(C(F)(F)F)s1.Cl. The van der Waals surface area contributed by atoms with E-state index in [-0.39, 0.29) is 12.4 Å². The first-order valence-electron chi connectivity index (χ1n) is 3.20. The van der Waals surface area contributed by atoms with Crippen molar-refractivity contribution >= 4 is 23.7 Å². The molecule has 0 amide bonds. The average molecular weight is 233 g/mol. The normalized spacial score (nSPS) is 13.6. The molecule has 2 N–H and O–H groups in total. The second-order valence-electron chi connectivity index (χ2n) is 2.35. The Balaban J connectivity index is 0.00000144. The number of hydrogen-bond donors (Lipinski definition) is 1. The number of alkyl halides is 3. The van der Waals surface area contributed by atoms with Crippen LogP contribution in [0.25, 0.3) is 0 Å². The minimum atomic E-state index is -4.35. The molecule has 76 valence electrons. The summed E-state index contributed by atoms with van der Waals surface area (Å²) in [5.74, 6) is 0. The van der Waals surface area contributed by atoms with Crippen molar-refractivity contribution in [2.75, 3.05) is 0 Å². The Bertz CT molecular complexity index is 271. The van der Waals surface area contributed by atoms with E-state index >= 15 is 0 Å². The fourth-order valence-corrected chi connectivity index (χ4v) is 1.36. The molecule has 1 unspecified atom stereocenters. The van der Waals surface area contributed by atoms with Crippen LogP contribution in [0.1, 0.15) is 22.9 Å². The molecule has 1 rings (SSSR count).